The minimum atomic E-state index is -0.967. The van der Waals surface area contributed by atoms with Crippen molar-refractivity contribution in [3.8, 4) is 0 Å². The molecule has 0 aromatic heterocycles. The SMILES string of the molecule is CC(C)CN1CC(=O)N(Cc2ccccc2)CC(=O)N2CCCC2C(=O)CCCCN(C(C)C)CC(=O)N(CCCN)CC(=O)N(CC(C)C)CC(=O)N(Cc2ccccc2)CC(=O)N2CCCC2C(=O)N(C(C)C)CC(=O)N(CCCN)CC1=O. The van der Waals surface area contributed by atoms with Crippen molar-refractivity contribution in [3.63, 3.8) is 0 Å². The van der Waals surface area contributed by atoms with Gasteiger partial charge in [0.25, 0.3) is 0 Å². The van der Waals surface area contributed by atoms with E-state index in [9.17, 15) is 47.9 Å². The largest absolute Gasteiger partial charge is 0.332 e. The Bertz CT molecular complexity index is 2570. The van der Waals surface area contributed by atoms with Gasteiger partial charge in [-0.05, 0) is 122 Å². The van der Waals surface area contributed by atoms with E-state index in [0.717, 1.165) is 11.1 Å². The third kappa shape index (κ3) is 21.6. The minimum absolute atomic E-state index is 0.00942. The zero-order chi connectivity index (χ0) is 63.0. The summed E-state index contributed by atoms with van der Waals surface area (Å²) in [4.78, 5) is 160. The van der Waals surface area contributed by atoms with Gasteiger partial charge in [0.1, 0.15) is 25.7 Å². The van der Waals surface area contributed by atoms with Gasteiger partial charge in [0.2, 0.25) is 53.2 Å². The number of fused-ring (bicyclic) bond motifs is 2. The van der Waals surface area contributed by atoms with Crippen LogP contribution < -0.4 is 11.5 Å². The Morgan fingerprint density at radius 3 is 1.24 bits per heavy atom. The number of Topliss-reactive ketones (excluding diaryl/α,β-unsaturated/α-hetero) is 1. The number of ketones is 1. The van der Waals surface area contributed by atoms with Gasteiger partial charge in [0.05, 0.1) is 38.8 Å². The van der Waals surface area contributed by atoms with Crippen LogP contribution in [-0.4, -0.2) is 243 Å². The Labute approximate surface area is 510 Å². The van der Waals surface area contributed by atoms with Crippen molar-refractivity contribution in [2.24, 2.45) is 23.3 Å². The maximum atomic E-state index is 14.8. The van der Waals surface area contributed by atoms with Crippen LogP contribution in [0.15, 0.2) is 60.7 Å². The summed E-state index contributed by atoms with van der Waals surface area (Å²) in [6.07, 6.45) is 3.90. The third-order valence-corrected chi connectivity index (χ3v) is 16.1. The first-order valence-corrected chi connectivity index (χ1v) is 31.3. The van der Waals surface area contributed by atoms with Gasteiger partial charge < -0.3 is 55.6 Å². The molecule has 3 aliphatic rings. The van der Waals surface area contributed by atoms with Crippen molar-refractivity contribution in [2.45, 2.75) is 150 Å². The van der Waals surface area contributed by atoms with E-state index in [0.29, 0.717) is 64.5 Å². The fourth-order valence-corrected chi connectivity index (χ4v) is 11.4. The molecular formula is C64H100N12O10. The number of carbonyl (C=O) groups is 10. The number of rotatable bonds is 16. The molecular weight excluding hydrogens is 1100 g/mol. The van der Waals surface area contributed by atoms with Gasteiger partial charge in [0.15, 0.2) is 5.78 Å². The maximum Gasteiger partial charge on any atom is 0.246 e. The van der Waals surface area contributed by atoms with Crippen molar-refractivity contribution in [3.05, 3.63) is 71.8 Å². The fourth-order valence-electron chi connectivity index (χ4n) is 11.4. The minimum Gasteiger partial charge on any atom is -0.332 e. The number of benzene rings is 2. The molecule has 5 rings (SSSR count). The molecule has 2 atom stereocenters. The van der Waals surface area contributed by atoms with E-state index in [4.69, 9.17) is 11.5 Å². The van der Waals surface area contributed by atoms with Crippen LogP contribution in [0.4, 0.5) is 0 Å². The van der Waals surface area contributed by atoms with Crippen LogP contribution in [0.25, 0.3) is 0 Å². The molecule has 86 heavy (non-hydrogen) atoms. The molecule has 3 fully saturated rings. The summed E-state index contributed by atoms with van der Waals surface area (Å²) in [7, 11) is 0. The monoisotopic (exact) mass is 1200 g/mol. The quantitative estimate of drug-likeness (QED) is 0.246. The van der Waals surface area contributed by atoms with E-state index < -0.39 is 85.7 Å². The highest BCUT2D eigenvalue weighted by molar-refractivity contribution is 5.96. The highest BCUT2D eigenvalue weighted by atomic mass is 16.2. The molecule has 2 unspecified atom stereocenters. The zero-order valence-electron chi connectivity index (χ0n) is 52.7. The second kappa shape index (κ2) is 35.1. The average molecular weight is 1200 g/mol. The van der Waals surface area contributed by atoms with E-state index >= 15 is 0 Å². The Kier molecular flexibility index (Phi) is 28.6. The van der Waals surface area contributed by atoms with Crippen molar-refractivity contribution in [2.75, 3.05) is 111 Å². The average Bonchev–Trinajstić information content (AvgIpc) is 4.22. The van der Waals surface area contributed by atoms with E-state index in [1.165, 1.54) is 39.2 Å². The van der Waals surface area contributed by atoms with Crippen molar-refractivity contribution in [1.29, 1.82) is 0 Å². The van der Waals surface area contributed by atoms with E-state index in [1.54, 1.807) is 18.7 Å². The first kappa shape index (κ1) is 70.0. The number of amides is 9. The molecule has 4 N–H and O–H groups in total. The molecule has 0 bridgehead atoms. The lowest BCUT2D eigenvalue weighted by molar-refractivity contribution is -0.151. The molecule has 2 aromatic carbocycles. The molecule has 2 aromatic rings. The first-order chi connectivity index (χ1) is 41.0. The highest BCUT2D eigenvalue weighted by Crippen LogP contribution is 2.24. The number of hydrogen-bond acceptors (Lipinski definition) is 13. The topological polar surface area (TPSA) is 255 Å². The van der Waals surface area contributed by atoms with Crippen LogP contribution >= 0.6 is 0 Å². The van der Waals surface area contributed by atoms with E-state index in [1.807, 2.05) is 107 Å². The van der Waals surface area contributed by atoms with Gasteiger partial charge in [-0.2, -0.15) is 0 Å². The van der Waals surface area contributed by atoms with Crippen LogP contribution in [-0.2, 0) is 61.0 Å². The van der Waals surface area contributed by atoms with Crippen LogP contribution in [0.5, 0.6) is 0 Å². The van der Waals surface area contributed by atoms with Gasteiger partial charge in [-0.25, -0.2) is 0 Å². The van der Waals surface area contributed by atoms with Crippen molar-refractivity contribution in [1.82, 2.24) is 49.0 Å². The smallest absolute Gasteiger partial charge is 0.246 e. The summed E-state index contributed by atoms with van der Waals surface area (Å²) in [6, 6.07) is 16.1. The first-order valence-electron chi connectivity index (χ1n) is 31.3. The zero-order valence-corrected chi connectivity index (χ0v) is 52.7. The second-order valence-corrected chi connectivity index (χ2v) is 24.8. The number of nitrogens with zero attached hydrogens (tertiary/aromatic N) is 10. The van der Waals surface area contributed by atoms with Crippen LogP contribution in [0.1, 0.15) is 124 Å². The Hall–Kier alpha value is -6.78. The predicted molar refractivity (Wildman–Crippen MR) is 329 cm³/mol. The standard InChI is InChI=1S/C64H100N12O10/c1-47(2)35-70-43-60(82)73(38-52-23-13-10-14-24-52)45-63(85)75-34-18-26-54(75)64(86)76(50(7)8)46-61(83)69(32-20-29-66)41-58(80)71(36-48(3)4)42-59(81)72(37-51-21-11-9-12-22-51)44-62(84)74-33-17-25-53(74)55(77)27-15-16-30-67(49(5)6)39-56(78)68(31-19-28-65)40-57(70)79/h9-14,21-24,47-50,53-54H,15-20,25-46,65-66H2,1-8H3. The fraction of sp³-hybridized carbons (Fsp3) is 0.656. The Morgan fingerprint density at radius 2 is 0.814 bits per heavy atom. The summed E-state index contributed by atoms with van der Waals surface area (Å²) >= 11 is 0. The number of nitrogens with two attached hydrogens (primary N) is 2. The molecule has 9 amide bonds. The second-order valence-electron chi connectivity index (χ2n) is 24.8. The predicted octanol–water partition coefficient (Wildman–Crippen LogP) is 3.05. The van der Waals surface area contributed by atoms with Crippen molar-refractivity contribution >= 4 is 58.9 Å². The van der Waals surface area contributed by atoms with Gasteiger partial charge in [0, 0.05) is 70.9 Å². The highest BCUT2D eigenvalue weighted by Gasteiger charge is 2.40. The maximum absolute atomic E-state index is 14.8. The Balaban J connectivity index is 1.52. The summed E-state index contributed by atoms with van der Waals surface area (Å²) < 4.78 is 0. The van der Waals surface area contributed by atoms with E-state index in [2.05, 4.69) is 0 Å². The van der Waals surface area contributed by atoms with Crippen LogP contribution in [0, 0.1) is 11.8 Å². The lowest BCUT2D eigenvalue weighted by Crippen LogP contribution is -2.55. The normalized spacial score (nSPS) is 20.7. The van der Waals surface area contributed by atoms with Gasteiger partial charge in [-0.3, -0.25) is 52.8 Å². The summed E-state index contributed by atoms with van der Waals surface area (Å²) in [5.41, 5.74) is 13.4. The lowest BCUT2D eigenvalue weighted by Gasteiger charge is -2.35. The van der Waals surface area contributed by atoms with Crippen LogP contribution in [0.3, 0.4) is 0 Å². The molecule has 0 radical (unpaired) electrons. The molecule has 22 heteroatoms. The van der Waals surface area contributed by atoms with Crippen molar-refractivity contribution < 1.29 is 47.9 Å². The molecule has 476 valence electrons. The van der Waals surface area contributed by atoms with E-state index in [-0.39, 0.29) is 127 Å². The summed E-state index contributed by atoms with van der Waals surface area (Å²) in [6.45, 7) is 14.7. The number of hydrogen-bond donors (Lipinski definition) is 2. The van der Waals surface area contributed by atoms with Gasteiger partial charge in [-0.1, -0.05) is 88.4 Å². The van der Waals surface area contributed by atoms with Crippen LogP contribution in [0.2, 0.25) is 0 Å². The molecule has 0 aliphatic carbocycles. The molecule has 3 heterocycles. The Morgan fingerprint density at radius 1 is 0.419 bits per heavy atom. The molecule has 0 spiro atoms. The molecule has 3 aliphatic heterocycles. The third-order valence-electron chi connectivity index (χ3n) is 16.1. The van der Waals surface area contributed by atoms with Gasteiger partial charge >= 0.3 is 0 Å². The lowest BCUT2D eigenvalue weighted by atomic mass is 10.0. The summed E-state index contributed by atoms with van der Waals surface area (Å²) in [5.74, 6) is -4.39. The van der Waals surface area contributed by atoms with Gasteiger partial charge in [-0.15, -0.1) is 0 Å². The molecule has 22 nitrogen and oxygen atoms in total. The summed E-state index contributed by atoms with van der Waals surface area (Å²) in [5, 5.41) is 0. The number of carbonyl (C=O) groups excluding carboxylic acids is 10. The molecule has 3 saturated heterocycles. The molecule has 0 saturated carbocycles.